The number of aliphatic hydroxyl groups is 1. The van der Waals surface area contributed by atoms with E-state index in [1.165, 1.54) is 0 Å². The van der Waals surface area contributed by atoms with Crippen molar-refractivity contribution in [3.8, 4) is 0 Å². The fourth-order valence-electron chi connectivity index (χ4n) is 1.46. The Balaban J connectivity index is 2.61. The molecule has 0 saturated heterocycles. The molecule has 0 aliphatic rings. The van der Waals surface area contributed by atoms with Crippen molar-refractivity contribution in [2.24, 2.45) is 0 Å². The molecule has 3 N–H and O–H groups in total. The lowest BCUT2D eigenvalue weighted by Crippen LogP contribution is -2.40. The molecule has 0 unspecified atom stereocenters. The van der Waals surface area contributed by atoms with Crippen molar-refractivity contribution in [3.05, 3.63) is 28.2 Å². The van der Waals surface area contributed by atoms with E-state index in [1.807, 2.05) is 19.1 Å². The molecule has 19 heavy (non-hydrogen) atoms. The molecule has 2 amide bonds. The molecule has 1 atom stereocenters. The molecule has 1 aromatic carbocycles. The monoisotopic (exact) mass is 328 g/mol. The third-order valence-electron chi connectivity index (χ3n) is 2.52. The van der Waals surface area contributed by atoms with Crippen molar-refractivity contribution in [1.82, 2.24) is 5.32 Å². The summed E-state index contributed by atoms with van der Waals surface area (Å²) >= 11 is 3.32. The average molecular weight is 329 g/mol. The van der Waals surface area contributed by atoms with Gasteiger partial charge < -0.3 is 15.7 Å². The van der Waals surface area contributed by atoms with Crippen molar-refractivity contribution >= 4 is 33.4 Å². The number of rotatable bonds is 4. The predicted molar refractivity (Wildman–Crippen MR) is 76.8 cm³/mol. The molecule has 0 heterocycles. The van der Waals surface area contributed by atoms with Gasteiger partial charge in [0.2, 0.25) is 0 Å². The van der Waals surface area contributed by atoms with Crippen LogP contribution in [0.1, 0.15) is 18.9 Å². The highest BCUT2D eigenvalue weighted by Gasteiger charge is 2.16. The number of amides is 2. The number of nitrogens with one attached hydrogen (secondary N) is 2. The van der Waals surface area contributed by atoms with E-state index in [-0.39, 0.29) is 12.6 Å². The second kappa shape index (κ2) is 7.25. The maximum absolute atomic E-state index is 11.7. The van der Waals surface area contributed by atoms with E-state index in [0.717, 1.165) is 10.0 Å². The van der Waals surface area contributed by atoms with E-state index in [1.54, 1.807) is 13.0 Å². The summed E-state index contributed by atoms with van der Waals surface area (Å²) in [5.74, 6) is -1.44. The molecule has 0 radical (unpaired) electrons. The minimum absolute atomic E-state index is 0.0351. The maximum Gasteiger partial charge on any atom is 0.313 e. The van der Waals surface area contributed by atoms with Crippen LogP contribution in [0, 0.1) is 6.92 Å². The lowest BCUT2D eigenvalue weighted by molar-refractivity contribution is -0.136. The lowest BCUT2D eigenvalue weighted by Gasteiger charge is -2.12. The number of hydrogen-bond donors (Lipinski definition) is 3. The van der Waals surface area contributed by atoms with E-state index in [4.69, 9.17) is 5.11 Å². The molecule has 6 heteroatoms. The molecule has 0 saturated carbocycles. The average Bonchev–Trinajstić information content (AvgIpc) is 2.32. The SMILES string of the molecule is Cc1ccc(NC(=O)C(=O)N[C@H](C)CCO)c(Br)c1. The van der Waals surface area contributed by atoms with Gasteiger partial charge in [0.1, 0.15) is 0 Å². The summed E-state index contributed by atoms with van der Waals surface area (Å²) in [7, 11) is 0. The zero-order valence-corrected chi connectivity index (χ0v) is 12.5. The molecular weight excluding hydrogens is 312 g/mol. The maximum atomic E-state index is 11.7. The second-order valence-electron chi connectivity index (χ2n) is 4.32. The third-order valence-corrected chi connectivity index (χ3v) is 3.17. The van der Waals surface area contributed by atoms with E-state index < -0.39 is 11.8 Å². The smallest absolute Gasteiger partial charge is 0.313 e. The first-order valence-corrected chi connectivity index (χ1v) is 6.72. The van der Waals surface area contributed by atoms with Gasteiger partial charge in [-0.2, -0.15) is 0 Å². The Morgan fingerprint density at radius 3 is 2.63 bits per heavy atom. The molecule has 1 aromatic rings. The normalized spacial score (nSPS) is 11.8. The van der Waals surface area contributed by atoms with Gasteiger partial charge in [0, 0.05) is 17.1 Å². The number of aliphatic hydroxyl groups excluding tert-OH is 1. The Hall–Kier alpha value is -1.40. The molecule has 0 fully saturated rings. The van der Waals surface area contributed by atoms with E-state index in [2.05, 4.69) is 26.6 Å². The Labute approximate surface area is 120 Å². The second-order valence-corrected chi connectivity index (χ2v) is 5.18. The first-order chi connectivity index (χ1) is 8.93. The summed E-state index contributed by atoms with van der Waals surface area (Å²) in [5.41, 5.74) is 1.59. The van der Waals surface area contributed by atoms with Crippen molar-refractivity contribution in [2.75, 3.05) is 11.9 Å². The van der Waals surface area contributed by atoms with Gasteiger partial charge in [-0.15, -0.1) is 0 Å². The summed E-state index contributed by atoms with van der Waals surface area (Å²) in [6.45, 7) is 3.62. The summed E-state index contributed by atoms with van der Waals surface area (Å²) in [6, 6.07) is 5.17. The number of hydrogen-bond acceptors (Lipinski definition) is 3. The number of benzene rings is 1. The van der Waals surface area contributed by atoms with Gasteiger partial charge in [-0.25, -0.2) is 0 Å². The molecule has 0 bridgehead atoms. The molecule has 104 valence electrons. The van der Waals surface area contributed by atoms with Crippen molar-refractivity contribution < 1.29 is 14.7 Å². The van der Waals surface area contributed by atoms with Gasteiger partial charge in [0.25, 0.3) is 0 Å². The molecule has 0 aromatic heterocycles. The van der Waals surface area contributed by atoms with E-state index >= 15 is 0 Å². The summed E-state index contributed by atoms with van der Waals surface area (Å²) < 4.78 is 0.719. The van der Waals surface area contributed by atoms with Crippen molar-refractivity contribution in [3.63, 3.8) is 0 Å². The molecule has 0 aliphatic carbocycles. The van der Waals surface area contributed by atoms with Crippen molar-refractivity contribution in [1.29, 1.82) is 0 Å². The highest BCUT2D eigenvalue weighted by Crippen LogP contribution is 2.23. The lowest BCUT2D eigenvalue weighted by atomic mass is 10.2. The van der Waals surface area contributed by atoms with Crippen LogP contribution >= 0.6 is 15.9 Å². The van der Waals surface area contributed by atoms with E-state index in [0.29, 0.717) is 12.1 Å². The quantitative estimate of drug-likeness (QED) is 0.734. The summed E-state index contributed by atoms with van der Waals surface area (Å²) in [6.07, 6.45) is 0.410. The number of carbonyl (C=O) groups excluding carboxylic acids is 2. The van der Waals surface area contributed by atoms with Crippen molar-refractivity contribution in [2.45, 2.75) is 26.3 Å². The highest BCUT2D eigenvalue weighted by atomic mass is 79.9. The minimum atomic E-state index is -0.727. The molecule has 0 aliphatic heterocycles. The standard InChI is InChI=1S/C13H17BrN2O3/c1-8-3-4-11(10(14)7-8)16-13(19)12(18)15-9(2)5-6-17/h3-4,7,9,17H,5-6H2,1-2H3,(H,15,18)(H,16,19)/t9-/m1/s1. The van der Waals surface area contributed by atoms with Crippen LogP contribution in [0.2, 0.25) is 0 Å². The molecule has 1 rings (SSSR count). The van der Waals surface area contributed by atoms with Crippen LogP contribution in [0.15, 0.2) is 22.7 Å². The van der Waals surface area contributed by atoms with E-state index in [9.17, 15) is 9.59 Å². The Bertz CT molecular complexity index is 477. The van der Waals surface area contributed by atoms with Gasteiger partial charge in [-0.3, -0.25) is 9.59 Å². The van der Waals surface area contributed by atoms with Crippen LogP contribution < -0.4 is 10.6 Å². The van der Waals surface area contributed by atoms with Gasteiger partial charge >= 0.3 is 11.8 Å². The van der Waals surface area contributed by atoms with Gasteiger partial charge in [0.15, 0.2) is 0 Å². The number of halogens is 1. The molecular formula is C13H17BrN2O3. The third kappa shape index (κ3) is 5.00. The first-order valence-electron chi connectivity index (χ1n) is 5.93. The van der Waals surface area contributed by atoms with Crippen LogP contribution in [0.5, 0.6) is 0 Å². The molecule has 0 spiro atoms. The fourth-order valence-corrected chi connectivity index (χ4v) is 2.05. The number of aryl methyl sites for hydroxylation is 1. The van der Waals surface area contributed by atoms with Crippen LogP contribution in [0.3, 0.4) is 0 Å². The van der Waals surface area contributed by atoms with Crippen LogP contribution in [0.4, 0.5) is 5.69 Å². The summed E-state index contributed by atoms with van der Waals surface area (Å²) in [5, 5.41) is 13.8. The Morgan fingerprint density at radius 1 is 1.37 bits per heavy atom. The van der Waals surface area contributed by atoms with Crippen LogP contribution in [-0.2, 0) is 9.59 Å². The van der Waals surface area contributed by atoms with Crippen LogP contribution in [0.25, 0.3) is 0 Å². The fraction of sp³-hybridized carbons (Fsp3) is 0.385. The Kier molecular flexibility index (Phi) is 5.98. The van der Waals surface area contributed by atoms with Crippen LogP contribution in [-0.4, -0.2) is 29.6 Å². The Morgan fingerprint density at radius 2 is 2.05 bits per heavy atom. The topological polar surface area (TPSA) is 78.4 Å². The zero-order valence-electron chi connectivity index (χ0n) is 10.9. The summed E-state index contributed by atoms with van der Waals surface area (Å²) in [4.78, 5) is 23.3. The zero-order chi connectivity index (χ0) is 14.4. The predicted octanol–water partition coefficient (Wildman–Crippen LogP) is 1.58. The van der Waals surface area contributed by atoms with Gasteiger partial charge in [-0.05, 0) is 53.9 Å². The minimum Gasteiger partial charge on any atom is -0.396 e. The first kappa shape index (κ1) is 15.7. The molecule has 5 nitrogen and oxygen atoms in total. The number of carbonyl (C=O) groups is 2. The number of anilines is 1. The largest absolute Gasteiger partial charge is 0.396 e. The van der Waals surface area contributed by atoms with Gasteiger partial charge in [-0.1, -0.05) is 6.07 Å². The highest BCUT2D eigenvalue weighted by molar-refractivity contribution is 9.10. The van der Waals surface area contributed by atoms with Gasteiger partial charge in [0.05, 0.1) is 5.69 Å².